The van der Waals surface area contributed by atoms with Crippen molar-refractivity contribution in [2.75, 3.05) is 13.1 Å². The van der Waals surface area contributed by atoms with Crippen LogP contribution < -0.4 is 22.1 Å². The minimum absolute atomic E-state index is 0.0723. The van der Waals surface area contributed by atoms with E-state index in [4.69, 9.17) is 11.5 Å². The first-order chi connectivity index (χ1) is 16.6. The molecule has 6 heteroatoms. The van der Waals surface area contributed by atoms with E-state index in [9.17, 15) is 9.59 Å². The topological polar surface area (TPSA) is 110 Å². The third kappa shape index (κ3) is 12.0. The van der Waals surface area contributed by atoms with Crippen LogP contribution in [0.4, 0.5) is 0 Å². The Balaban J connectivity index is 1.37. The van der Waals surface area contributed by atoms with E-state index >= 15 is 0 Å². The highest BCUT2D eigenvalue weighted by atomic mass is 16.2. The molecule has 0 aliphatic carbocycles. The van der Waals surface area contributed by atoms with Gasteiger partial charge in [-0.3, -0.25) is 9.59 Å². The molecular weight excluding hydrogens is 424 g/mol. The monoisotopic (exact) mass is 466 g/mol. The van der Waals surface area contributed by atoms with Gasteiger partial charge in [-0.1, -0.05) is 99.2 Å². The van der Waals surface area contributed by atoms with Crippen LogP contribution >= 0.6 is 0 Å². The number of hydrogen-bond donors (Lipinski definition) is 4. The van der Waals surface area contributed by atoms with Crippen molar-refractivity contribution in [3.63, 3.8) is 0 Å². The van der Waals surface area contributed by atoms with Crippen LogP contribution in [0.15, 0.2) is 60.7 Å². The molecule has 2 amide bonds. The van der Waals surface area contributed by atoms with Gasteiger partial charge in [0.25, 0.3) is 0 Å². The number of hydrogen-bond acceptors (Lipinski definition) is 4. The highest BCUT2D eigenvalue weighted by Crippen LogP contribution is 2.08. The largest absolute Gasteiger partial charge is 0.355 e. The molecule has 186 valence electrons. The van der Waals surface area contributed by atoms with Gasteiger partial charge < -0.3 is 22.1 Å². The summed E-state index contributed by atoms with van der Waals surface area (Å²) in [7, 11) is 0. The molecule has 0 unspecified atom stereocenters. The lowest BCUT2D eigenvalue weighted by molar-refractivity contribution is -0.123. The second-order valence-electron chi connectivity index (χ2n) is 9.00. The summed E-state index contributed by atoms with van der Waals surface area (Å²) in [6.07, 6.45) is 10.1. The Morgan fingerprint density at radius 2 is 0.882 bits per heavy atom. The summed E-state index contributed by atoms with van der Waals surface area (Å²) in [6, 6.07) is 18.7. The van der Waals surface area contributed by atoms with E-state index in [0.717, 1.165) is 36.8 Å². The molecule has 0 heterocycles. The Morgan fingerprint density at radius 1 is 0.559 bits per heavy atom. The molecule has 2 aromatic rings. The number of unbranched alkanes of at least 4 members (excludes halogenated alkanes) is 7. The number of benzene rings is 2. The summed E-state index contributed by atoms with van der Waals surface area (Å²) in [5.74, 6) is -0.145. The highest BCUT2D eigenvalue weighted by Gasteiger charge is 2.14. The molecule has 0 spiro atoms. The van der Waals surface area contributed by atoms with Crippen LogP contribution in [0.1, 0.15) is 62.5 Å². The average molecular weight is 467 g/mol. The lowest BCUT2D eigenvalue weighted by Gasteiger charge is -2.12. The fraction of sp³-hybridized carbons (Fsp3) is 0.500. The Bertz CT molecular complexity index is 744. The summed E-state index contributed by atoms with van der Waals surface area (Å²) in [6.45, 7) is 1.38. The first-order valence-electron chi connectivity index (χ1n) is 12.7. The van der Waals surface area contributed by atoms with Crippen molar-refractivity contribution in [2.24, 2.45) is 11.5 Å². The molecule has 0 aliphatic rings. The van der Waals surface area contributed by atoms with Crippen molar-refractivity contribution in [1.29, 1.82) is 0 Å². The van der Waals surface area contributed by atoms with E-state index in [2.05, 4.69) is 10.6 Å². The predicted octanol–water partition coefficient (Wildman–Crippen LogP) is 3.48. The number of nitrogens with two attached hydrogens (primary N) is 2. The maximum absolute atomic E-state index is 12.1. The molecule has 0 saturated carbocycles. The first-order valence-corrected chi connectivity index (χ1v) is 12.7. The zero-order valence-electron chi connectivity index (χ0n) is 20.4. The molecule has 0 fully saturated rings. The minimum atomic E-state index is -0.494. The number of rotatable bonds is 17. The van der Waals surface area contributed by atoms with Crippen molar-refractivity contribution in [3.05, 3.63) is 71.8 Å². The molecule has 2 atom stereocenters. The number of carbonyl (C=O) groups excluding carboxylic acids is 2. The van der Waals surface area contributed by atoms with Gasteiger partial charge in [0.2, 0.25) is 11.8 Å². The summed E-state index contributed by atoms with van der Waals surface area (Å²) < 4.78 is 0. The summed E-state index contributed by atoms with van der Waals surface area (Å²) in [5.41, 5.74) is 14.2. The quantitative estimate of drug-likeness (QED) is 0.268. The number of nitrogens with one attached hydrogen (secondary N) is 2. The molecule has 0 radical (unpaired) electrons. The van der Waals surface area contributed by atoms with E-state index in [1.807, 2.05) is 60.7 Å². The second-order valence-corrected chi connectivity index (χ2v) is 9.00. The van der Waals surface area contributed by atoms with Crippen molar-refractivity contribution >= 4 is 11.8 Å². The van der Waals surface area contributed by atoms with Crippen molar-refractivity contribution in [1.82, 2.24) is 10.6 Å². The summed E-state index contributed by atoms with van der Waals surface area (Å²) in [5, 5.41) is 5.90. The second kappa shape index (κ2) is 16.8. The minimum Gasteiger partial charge on any atom is -0.355 e. The van der Waals surface area contributed by atoms with Gasteiger partial charge in [0, 0.05) is 13.1 Å². The molecule has 6 N–H and O–H groups in total. The molecule has 0 aliphatic heterocycles. The third-order valence-electron chi connectivity index (χ3n) is 5.97. The van der Waals surface area contributed by atoms with Gasteiger partial charge in [-0.25, -0.2) is 0 Å². The zero-order valence-corrected chi connectivity index (χ0v) is 20.4. The van der Waals surface area contributed by atoms with Gasteiger partial charge in [0.05, 0.1) is 12.1 Å². The number of amides is 2. The first kappa shape index (κ1) is 27.5. The lowest BCUT2D eigenvalue weighted by atomic mass is 10.1. The van der Waals surface area contributed by atoms with Crippen LogP contribution in [-0.4, -0.2) is 37.0 Å². The maximum Gasteiger partial charge on any atom is 0.237 e. The van der Waals surface area contributed by atoms with Gasteiger partial charge in [0.1, 0.15) is 0 Å². The maximum atomic E-state index is 12.1. The fourth-order valence-electron chi connectivity index (χ4n) is 3.92. The molecule has 0 bridgehead atoms. The molecule has 0 saturated heterocycles. The van der Waals surface area contributed by atoms with E-state index in [1.54, 1.807) is 0 Å². The van der Waals surface area contributed by atoms with Gasteiger partial charge in [-0.15, -0.1) is 0 Å². The van der Waals surface area contributed by atoms with E-state index in [1.165, 1.54) is 25.7 Å². The predicted molar refractivity (Wildman–Crippen MR) is 139 cm³/mol. The Labute approximate surface area is 204 Å². The SMILES string of the molecule is N[C@@H](Cc1ccccc1)C(=O)NCCCCCCCCCCNC(=O)[C@@H](N)Cc1ccccc1. The van der Waals surface area contributed by atoms with Crippen LogP contribution in [0.25, 0.3) is 0 Å². The molecular formula is C28H42N4O2. The van der Waals surface area contributed by atoms with E-state index in [-0.39, 0.29) is 11.8 Å². The molecule has 2 aromatic carbocycles. The summed E-state index contributed by atoms with van der Waals surface area (Å²) in [4.78, 5) is 24.2. The van der Waals surface area contributed by atoms with Crippen LogP contribution in [0.2, 0.25) is 0 Å². The van der Waals surface area contributed by atoms with Crippen LogP contribution in [0.5, 0.6) is 0 Å². The normalized spacial score (nSPS) is 12.6. The molecule has 34 heavy (non-hydrogen) atoms. The zero-order chi connectivity index (χ0) is 24.4. The van der Waals surface area contributed by atoms with Gasteiger partial charge in [-0.2, -0.15) is 0 Å². The van der Waals surface area contributed by atoms with Gasteiger partial charge in [-0.05, 0) is 36.8 Å². The molecule has 2 rings (SSSR count). The van der Waals surface area contributed by atoms with Crippen LogP contribution in [-0.2, 0) is 22.4 Å². The Kier molecular flexibility index (Phi) is 13.6. The van der Waals surface area contributed by atoms with Crippen molar-refractivity contribution in [3.8, 4) is 0 Å². The van der Waals surface area contributed by atoms with Crippen LogP contribution in [0, 0.1) is 0 Å². The smallest absolute Gasteiger partial charge is 0.237 e. The van der Waals surface area contributed by atoms with Gasteiger partial charge >= 0.3 is 0 Å². The standard InChI is InChI=1S/C28H42N4O2/c29-25(21-23-15-9-7-10-16-23)27(33)31-19-13-5-3-1-2-4-6-14-20-32-28(34)26(30)22-24-17-11-8-12-18-24/h7-12,15-18,25-26H,1-6,13-14,19-22,29-30H2,(H,31,33)(H,32,34)/t25-,26-/m0/s1. The third-order valence-corrected chi connectivity index (χ3v) is 5.97. The summed E-state index contributed by atoms with van der Waals surface area (Å²) >= 11 is 0. The Morgan fingerprint density at radius 3 is 1.24 bits per heavy atom. The highest BCUT2D eigenvalue weighted by molar-refractivity contribution is 5.82. The van der Waals surface area contributed by atoms with Crippen LogP contribution in [0.3, 0.4) is 0 Å². The molecule has 0 aromatic heterocycles. The lowest BCUT2D eigenvalue weighted by Crippen LogP contribution is -2.42. The fourth-order valence-corrected chi connectivity index (χ4v) is 3.92. The van der Waals surface area contributed by atoms with Gasteiger partial charge in [0.15, 0.2) is 0 Å². The molecule has 6 nitrogen and oxygen atoms in total. The average Bonchev–Trinajstić information content (AvgIpc) is 2.85. The van der Waals surface area contributed by atoms with Crippen molar-refractivity contribution < 1.29 is 9.59 Å². The Hall–Kier alpha value is -2.70. The number of carbonyl (C=O) groups is 2. The van der Waals surface area contributed by atoms with Crippen molar-refractivity contribution in [2.45, 2.75) is 76.3 Å². The van der Waals surface area contributed by atoms with E-state index in [0.29, 0.717) is 25.9 Å². The van der Waals surface area contributed by atoms with E-state index < -0.39 is 12.1 Å².